The zero-order chi connectivity index (χ0) is 17.2. The molecule has 0 amide bonds. The Hall–Kier alpha value is -1.29. The topological polar surface area (TPSA) is 21.1 Å². The number of hydrogen-bond acceptors (Lipinski definition) is 2. The van der Waals surface area contributed by atoms with E-state index >= 15 is 0 Å². The van der Waals surface area contributed by atoms with Gasteiger partial charge in [0.15, 0.2) is 0 Å². The number of benzene rings is 1. The number of unbranched alkanes of at least 4 members (excludes halogenated alkanes) is 1. The van der Waals surface area contributed by atoms with Crippen LogP contribution < -0.4 is 5.46 Å². The summed E-state index contributed by atoms with van der Waals surface area (Å²) in [5, 5.41) is 0. The summed E-state index contributed by atoms with van der Waals surface area (Å²) < 4.78 is 2.38. The molecule has 3 nitrogen and oxygen atoms in total. The summed E-state index contributed by atoms with van der Waals surface area (Å²) >= 11 is 0. The zero-order valence-corrected chi connectivity index (χ0v) is 15.6. The van der Waals surface area contributed by atoms with Gasteiger partial charge in [-0.25, -0.2) is 4.98 Å². The van der Waals surface area contributed by atoms with E-state index in [2.05, 4.69) is 36.3 Å². The van der Waals surface area contributed by atoms with E-state index in [-0.39, 0.29) is 0 Å². The van der Waals surface area contributed by atoms with Crippen LogP contribution in [0.5, 0.6) is 0 Å². The summed E-state index contributed by atoms with van der Waals surface area (Å²) in [6.07, 6.45) is 3.43. The molecule has 1 aromatic carbocycles. The van der Waals surface area contributed by atoms with Crippen molar-refractivity contribution in [1.82, 2.24) is 14.5 Å². The molecule has 126 valence electrons. The molecule has 4 heteroatoms. The number of rotatable bonds is 8. The molecule has 2 rings (SSSR count). The van der Waals surface area contributed by atoms with Crippen LogP contribution in [0.15, 0.2) is 18.2 Å². The first-order valence-corrected chi connectivity index (χ1v) is 9.16. The second-order valence-corrected chi connectivity index (χ2v) is 5.56. The maximum atomic E-state index is 5.89. The molecule has 0 saturated heterocycles. The van der Waals surface area contributed by atoms with E-state index in [4.69, 9.17) is 12.8 Å². The van der Waals surface area contributed by atoms with Gasteiger partial charge in [-0.1, -0.05) is 52.6 Å². The number of fused-ring (bicyclic) bond motifs is 1. The Morgan fingerprint density at radius 1 is 1.13 bits per heavy atom. The van der Waals surface area contributed by atoms with Crippen LogP contribution in [0.1, 0.15) is 53.3 Å². The molecule has 0 fully saturated rings. The van der Waals surface area contributed by atoms with Gasteiger partial charge in [0.25, 0.3) is 0 Å². The minimum absolute atomic E-state index is 0.790. The lowest BCUT2D eigenvalue weighted by atomic mass is 9.96. The van der Waals surface area contributed by atoms with Crippen molar-refractivity contribution in [3.63, 3.8) is 0 Å². The Labute approximate surface area is 143 Å². The van der Waals surface area contributed by atoms with Gasteiger partial charge in [-0.3, -0.25) is 0 Å². The van der Waals surface area contributed by atoms with Crippen molar-refractivity contribution < 1.29 is 0 Å². The highest BCUT2D eigenvalue weighted by molar-refractivity contribution is 6.33. The highest BCUT2D eigenvalue weighted by Crippen LogP contribution is 2.17. The van der Waals surface area contributed by atoms with Crippen LogP contribution in [-0.2, 0) is 13.0 Å². The van der Waals surface area contributed by atoms with Crippen LogP contribution in [0.3, 0.4) is 0 Å². The van der Waals surface area contributed by atoms with Gasteiger partial charge >= 0.3 is 0 Å². The van der Waals surface area contributed by atoms with Crippen LogP contribution in [0, 0.1) is 0 Å². The Bertz CT molecular complexity index is 573. The summed E-state index contributed by atoms with van der Waals surface area (Å²) in [7, 11) is 5.89. The number of aromatic nitrogens is 2. The van der Waals surface area contributed by atoms with Crippen molar-refractivity contribution >= 4 is 24.3 Å². The molecule has 0 aliphatic rings. The Morgan fingerprint density at radius 3 is 2.43 bits per heavy atom. The molecule has 0 N–H and O–H groups in total. The zero-order valence-electron chi connectivity index (χ0n) is 15.6. The summed E-state index contributed by atoms with van der Waals surface area (Å²) in [5.41, 5.74) is 3.03. The summed E-state index contributed by atoms with van der Waals surface area (Å²) in [5.74, 6) is 1.20. The molecule has 0 bridgehead atoms. The lowest BCUT2D eigenvalue weighted by Gasteiger charge is -2.19. The fraction of sp³-hybridized carbons (Fsp3) is 0.632. The van der Waals surface area contributed by atoms with E-state index in [1.54, 1.807) is 0 Å². The van der Waals surface area contributed by atoms with Crippen molar-refractivity contribution in [2.45, 2.75) is 60.4 Å². The largest absolute Gasteiger partial charge is 0.327 e. The summed E-state index contributed by atoms with van der Waals surface area (Å²) in [4.78, 5) is 7.26. The van der Waals surface area contributed by atoms with Crippen molar-refractivity contribution in [2.75, 3.05) is 19.6 Å². The molecule has 0 aliphatic carbocycles. The lowest BCUT2D eigenvalue weighted by Crippen LogP contribution is -2.27. The molecule has 0 unspecified atom stereocenters. The third-order valence-corrected chi connectivity index (χ3v) is 4.14. The van der Waals surface area contributed by atoms with E-state index in [0.29, 0.717) is 0 Å². The molecular weight excluding hydrogens is 281 g/mol. The number of hydrogen-bond donors (Lipinski definition) is 0. The quantitative estimate of drug-likeness (QED) is 0.695. The van der Waals surface area contributed by atoms with Gasteiger partial charge < -0.3 is 9.47 Å². The first-order valence-electron chi connectivity index (χ1n) is 9.16. The fourth-order valence-electron chi connectivity index (χ4n) is 2.75. The molecule has 1 aromatic heterocycles. The van der Waals surface area contributed by atoms with Gasteiger partial charge in [-0.2, -0.15) is 0 Å². The average Bonchev–Trinajstić information content (AvgIpc) is 2.92. The Balaban J connectivity index is 0.00000127. The molecule has 2 aromatic rings. The average molecular weight is 313 g/mol. The predicted octanol–water partition coefficient (Wildman–Crippen LogP) is 3.54. The van der Waals surface area contributed by atoms with Gasteiger partial charge in [0.2, 0.25) is 0 Å². The third-order valence-electron chi connectivity index (χ3n) is 4.14. The second-order valence-electron chi connectivity index (χ2n) is 5.56. The summed E-state index contributed by atoms with van der Waals surface area (Å²) in [6, 6.07) is 6.07. The highest BCUT2D eigenvalue weighted by Gasteiger charge is 2.11. The minimum atomic E-state index is 0.790. The molecule has 23 heavy (non-hydrogen) atoms. The van der Waals surface area contributed by atoms with Crippen molar-refractivity contribution in [3.8, 4) is 0 Å². The third kappa shape index (κ3) is 5.38. The minimum Gasteiger partial charge on any atom is -0.327 e. The maximum absolute atomic E-state index is 5.89. The normalized spacial score (nSPS) is 10.9. The van der Waals surface area contributed by atoms with E-state index in [9.17, 15) is 0 Å². The van der Waals surface area contributed by atoms with Crippen LogP contribution in [0.2, 0.25) is 0 Å². The van der Waals surface area contributed by atoms with Gasteiger partial charge in [-0.05, 0) is 31.6 Å². The molecule has 1 heterocycles. The van der Waals surface area contributed by atoms with E-state index in [1.807, 2.05) is 26.0 Å². The Morgan fingerprint density at radius 2 is 1.83 bits per heavy atom. The second kappa shape index (κ2) is 10.5. The number of nitrogens with zero attached hydrogens (tertiary/aromatic N) is 3. The Kier molecular flexibility index (Phi) is 9.01. The standard InChI is InChI=1S/C17H26BN3.C2H6/c1-4-7-8-17-19-15-13-14(18)9-10-16(15)21(17)12-11-20(5-2)6-3;1-2/h9-10,13H,4-8,11-12H2,1-3H3;1-2H3. The van der Waals surface area contributed by atoms with Gasteiger partial charge in [0.05, 0.1) is 11.0 Å². The van der Waals surface area contributed by atoms with E-state index < -0.39 is 0 Å². The molecule has 0 aliphatic heterocycles. The van der Waals surface area contributed by atoms with E-state index in [1.165, 1.54) is 24.2 Å². The van der Waals surface area contributed by atoms with Crippen LogP contribution in [-0.4, -0.2) is 41.9 Å². The van der Waals surface area contributed by atoms with E-state index in [0.717, 1.165) is 43.6 Å². The van der Waals surface area contributed by atoms with Crippen molar-refractivity contribution in [2.24, 2.45) is 0 Å². The van der Waals surface area contributed by atoms with Gasteiger partial charge in [0.1, 0.15) is 13.7 Å². The van der Waals surface area contributed by atoms with Crippen molar-refractivity contribution in [3.05, 3.63) is 24.0 Å². The number of likely N-dealkylation sites (N-methyl/N-ethyl adjacent to an activating group) is 1. The highest BCUT2D eigenvalue weighted by atomic mass is 15.2. The molecular formula is C19H32BN3. The first kappa shape index (κ1) is 19.8. The van der Waals surface area contributed by atoms with Gasteiger partial charge in [-0.15, -0.1) is 0 Å². The number of aryl methyl sites for hydroxylation is 1. The summed E-state index contributed by atoms with van der Waals surface area (Å²) in [6.45, 7) is 14.9. The lowest BCUT2D eigenvalue weighted by molar-refractivity contribution is 0.290. The van der Waals surface area contributed by atoms with Crippen LogP contribution in [0.4, 0.5) is 0 Å². The predicted molar refractivity (Wildman–Crippen MR) is 103 cm³/mol. The smallest absolute Gasteiger partial charge is 0.113 e. The first-order chi connectivity index (χ1) is 11.2. The fourth-order valence-corrected chi connectivity index (χ4v) is 2.75. The van der Waals surface area contributed by atoms with Crippen LogP contribution in [0.25, 0.3) is 11.0 Å². The van der Waals surface area contributed by atoms with Crippen LogP contribution >= 0.6 is 0 Å². The van der Waals surface area contributed by atoms with Crippen molar-refractivity contribution in [1.29, 1.82) is 0 Å². The van der Waals surface area contributed by atoms with Gasteiger partial charge in [0, 0.05) is 19.5 Å². The molecule has 0 atom stereocenters. The SMILES string of the molecule is CC.[B]c1ccc2c(c1)nc(CCCC)n2CCN(CC)CC. The monoisotopic (exact) mass is 313 g/mol. The number of imidazole rings is 1. The molecule has 0 saturated carbocycles. The maximum Gasteiger partial charge on any atom is 0.113 e. The molecule has 0 spiro atoms. The molecule has 2 radical (unpaired) electrons.